The molecule has 2 aromatic rings. The summed E-state index contributed by atoms with van der Waals surface area (Å²) in [6.45, 7) is 5.58. The molecule has 0 radical (unpaired) electrons. The van der Waals surface area contributed by atoms with Crippen molar-refractivity contribution in [1.29, 1.82) is 0 Å². The third-order valence-electron chi connectivity index (χ3n) is 3.92. The predicted octanol–water partition coefficient (Wildman–Crippen LogP) is 3.98. The van der Waals surface area contributed by atoms with Crippen molar-refractivity contribution in [3.05, 3.63) is 53.8 Å². The summed E-state index contributed by atoms with van der Waals surface area (Å²) in [7, 11) is 3.33. The highest BCUT2D eigenvalue weighted by Gasteiger charge is 2.08. The largest absolute Gasteiger partial charge is 0.493 e. The average molecular weight is 517 g/mol. The molecule has 0 spiro atoms. The highest BCUT2D eigenvalue weighted by molar-refractivity contribution is 14.0. The summed E-state index contributed by atoms with van der Waals surface area (Å²) >= 11 is 0. The maximum Gasteiger partial charge on any atom is 0.191 e. The predicted molar refractivity (Wildman–Crippen MR) is 124 cm³/mol. The van der Waals surface area contributed by atoms with Crippen LogP contribution in [0.2, 0.25) is 0 Å². The Morgan fingerprint density at radius 2 is 1.83 bits per heavy atom. The lowest BCUT2D eigenvalue weighted by molar-refractivity contribution is 0.223. The van der Waals surface area contributed by atoms with Crippen molar-refractivity contribution in [1.82, 2.24) is 10.6 Å². The molecular weight excluding hydrogens is 488 g/mol. The molecule has 160 valence electrons. The van der Waals surface area contributed by atoms with Gasteiger partial charge in [-0.25, -0.2) is 4.39 Å². The lowest BCUT2D eigenvalue weighted by atomic mass is 10.2. The molecule has 1 unspecified atom stereocenters. The summed E-state index contributed by atoms with van der Waals surface area (Å²) in [5.41, 5.74) is 1.04. The standard InChI is InChI=1S/C21H28FN3O3.HI/c1-5-27-19-11-6-16(12-20(19)26-4)14-25-21(23-3)24-13-15(2)28-18-9-7-17(22)8-10-18;/h6-12,15H,5,13-14H2,1-4H3,(H2,23,24,25);1H. The monoisotopic (exact) mass is 517 g/mol. The highest BCUT2D eigenvalue weighted by atomic mass is 127. The number of halogens is 2. The summed E-state index contributed by atoms with van der Waals surface area (Å²) in [5, 5.41) is 6.47. The number of nitrogens with one attached hydrogen (secondary N) is 2. The molecule has 29 heavy (non-hydrogen) atoms. The Kier molecular flexibility index (Phi) is 11.2. The molecule has 0 aliphatic rings. The molecule has 0 aliphatic heterocycles. The SMILES string of the molecule is CCOc1ccc(CNC(=NC)NCC(C)Oc2ccc(F)cc2)cc1OC.I. The van der Waals surface area contributed by atoms with E-state index in [0.717, 1.165) is 11.3 Å². The van der Waals surface area contributed by atoms with E-state index in [0.29, 0.717) is 37.2 Å². The van der Waals surface area contributed by atoms with Crippen molar-refractivity contribution in [2.45, 2.75) is 26.5 Å². The van der Waals surface area contributed by atoms with Crippen molar-refractivity contribution in [3.8, 4) is 17.2 Å². The van der Waals surface area contributed by atoms with Gasteiger partial charge in [-0.15, -0.1) is 24.0 Å². The van der Waals surface area contributed by atoms with Gasteiger partial charge in [0.05, 0.1) is 20.3 Å². The first-order chi connectivity index (χ1) is 13.5. The minimum absolute atomic E-state index is 0. The van der Waals surface area contributed by atoms with Crippen LogP contribution in [-0.2, 0) is 6.54 Å². The Morgan fingerprint density at radius 3 is 2.45 bits per heavy atom. The Bertz CT molecular complexity index is 772. The fraction of sp³-hybridized carbons (Fsp3) is 0.381. The normalized spacial score (nSPS) is 11.8. The summed E-state index contributed by atoms with van der Waals surface area (Å²) in [6, 6.07) is 11.8. The Hall–Kier alpha value is -2.23. The average Bonchev–Trinajstić information content (AvgIpc) is 2.71. The molecule has 2 aromatic carbocycles. The molecule has 0 bridgehead atoms. The van der Waals surface area contributed by atoms with E-state index in [-0.39, 0.29) is 35.9 Å². The quantitative estimate of drug-likeness (QED) is 0.300. The molecular formula is C21H29FIN3O3. The molecule has 2 rings (SSSR count). The number of guanidine groups is 1. The summed E-state index contributed by atoms with van der Waals surface area (Å²) < 4.78 is 29.6. The van der Waals surface area contributed by atoms with E-state index in [1.54, 1.807) is 26.3 Å². The van der Waals surface area contributed by atoms with Crippen LogP contribution in [0.25, 0.3) is 0 Å². The smallest absolute Gasteiger partial charge is 0.191 e. The van der Waals surface area contributed by atoms with Gasteiger partial charge in [0.2, 0.25) is 0 Å². The summed E-state index contributed by atoms with van der Waals surface area (Å²) in [5.74, 6) is 2.42. The van der Waals surface area contributed by atoms with Crippen LogP contribution >= 0.6 is 24.0 Å². The topological polar surface area (TPSA) is 64.1 Å². The molecule has 2 N–H and O–H groups in total. The van der Waals surface area contributed by atoms with Crippen LogP contribution in [-0.4, -0.2) is 39.4 Å². The zero-order chi connectivity index (χ0) is 20.4. The van der Waals surface area contributed by atoms with Crippen LogP contribution in [0.1, 0.15) is 19.4 Å². The molecule has 0 saturated heterocycles. The first-order valence-electron chi connectivity index (χ1n) is 9.22. The van der Waals surface area contributed by atoms with Crippen LogP contribution in [0.5, 0.6) is 17.2 Å². The Labute approximate surface area is 188 Å². The minimum atomic E-state index is -0.284. The molecule has 0 aromatic heterocycles. The van der Waals surface area contributed by atoms with E-state index in [9.17, 15) is 4.39 Å². The fourth-order valence-corrected chi connectivity index (χ4v) is 2.53. The van der Waals surface area contributed by atoms with Crippen LogP contribution in [0.4, 0.5) is 4.39 Å². The second-order valence-electron chi connectivity index (χ2n) is 6.11. The van der Waals surface area contributed by atoms with Gasteiger partial charge in [0.15, 0.2) is 17.5 Å². The number of aliphatic imine (C=N–C) groups is 1. The number of methoxy groups -OCH3 is 1. The highest BCUT2D eigenvalue weighted by Crippen LogP contribution is 2.27. The number of ether oxygens (including phenoxy) is 3. The van der Waals surface area contributed by atoms with Crippen LogP contribution in [0.3, 0.4) is 0 Å². The fourth-order valence-electron chi connectivity index (χ4n) is 2.53. The second kappa shape index (κ2) is 13.1. The lowest BCUT2D eigenvalue weighted by Gasteiger charge is -2.18. The van der Waals surface area contributed by atoms with Crippen molar-refractivity contribution < 1.29 is 18.6 Å². The van der Waals surface area contributed by atoms with Gasteiger partial charge in [-0.3, -0.25) is 4.99 Å². The molecule has 1 atom stereocenters. The molecule has 0 saturated carbocycles. The Morgan fingerprint density at radius 1 is 1.10 bits per heavy atom. The van der Waals surface area contributed by atoms with Gasteiger partial charge in [0, 0.05) is 13.6 Å². The van der Waals surface area contributed by atoms with Crippen LogP contribution in [0.15, 0.2) is 47.5 Å². The number of nitrogens with zero attached hydrogens (tertiary/aromatic N) is 1. The number of hydrogen-bond donors (Lipinski definition) is 2. The van der Waals surface area contributed by atoms with E-state index in [2.05, 4.69) is 15.6 Å². The molecule has 0 amide bonds. The zero-order valence-electron chi connectivity index (χ0n) is 17.2. The van der Waals surface area contributed by atoms with E-state index >= 15 is 0 Å². The van der Waals surface area contributed by atoms with Gasteiger partial charge in [0.1, 0.15) is 17.7 Å². The molecule has 6 nitrogen and oxygen atoms in total. The lowest BCUT2D eigenvalue weighted by Crippen LogP contribution is -2.41. The molecule has 0 aliphatic carbocycles. The van der Waals surface area contributed by atoms with Crippen molar-refractivity contribution in [2.24, 2.45) is 4.99 Å². The van der Waals surface area contributed by atoms with Gasteiger partial charge in [0.25, 0.3) is 0 Å². The summed E-state index contributed by atoms with van der Waals surface area (Å²) in [6.07, 6.45) is -0.116. The van der Waals surface area contributed by atoms with Gasteiger partial charge in [-0.05, 0) is 55.8 Å². The van der Waals surface area contributed by atoms with Gasteiger partial charge >= 0.3 is 0 Å². The number of benzene rings is 2. The van der Waals surface area contributed by atoms with Crippen molar-refractivity contribution in [2.75, 3.05) is 27.3 Å². The first kappa shape index (κ1) is 24.8. The maximum atomic E-state index is 13.0. The molecule has 0 fully saturated rings. The summed E-state index contributed by atoms with van der Waals surface area (Å²) in [4.78, 5) is 4.22. The number of hydrogen-bond acceptors (Lipinski definition) is 4. The van der Waals surface area contributed by atoms with Crippen LogP contribution in [0, 0.1) is 5.82 Å². The number of rotatable bonds is 9. The van der Waals surface area contributed by atoms with E-state index < -0.39 is 0 Å². The molecule has 8 heteroatoms. The maximum absolute atomic E-state index is 13.0. The third kappa shape index (κ3) is 8.35. The van der Waals surface area contributed by atoms with Crippen molar-refractivity contribution in [3.63, 3.8) is 0 Å². The van der Waals surface area contributed by atoms with E-state index in [4.69, 9.17) is 14.2 Å². The molecule has 0 heterocycles. The zero-order valence-corrected chi connectivity index (χ0v) is 19.5. The Balaban J connectivity index is 0.00000420. The van der Waals surface area contributed by atoms with E-state index in [1.807, 2.05) is 32.0 Å². The minimum Gasteiger partial charge on any atom is -0.493 e. The van der Waals surface area contributed by atoms with E-state index in [1.165, 1.54) is 12.1 Å². The second-order valence-corrected chi connectivity index (χ2v) is 6.11. The van der Waals surface area contributed by atoms with Gasteiger partial charge < -0.3 is 24.8 Å². The van der Waals surface area contributed by atoms with Gasteiger partial charge in [-0.1, -0.05) is 6.07 Å². The van der Waals surface area contributed by atoms with Crippen LogP contribution < -0.4 is 24.8 Å². The van der Waals surface area contributed by atoms with Crippen molar-refractivity contribution >= 4 is 29.9 Å². The van der Waals surface area contributed by atoms with Gasteiger partial charge in [-0.2, -0.15) is 0 Å². The third-order valence-corrected chi connectivity index (χ3v) is 3.92. The first-order valence-corrected chi connectivity index (χ1v) is 9.22.